The van der Waals surface area contributed by atoms with Gasteiger partial charge in [0.05, 0.1) is 11.6 Å². The monoisotopic (exact) mass is 299 g/mol. The molecule has 0 spiro atoms. The maximum atomic E-state index is 12.6. The molecule has 116 valence electrons. The normalized spacial score (nSPS) is 23.2. The summed E-state index contributed by atoms with van der Waals surface area (Å²) in [5.41, 5.74) is 1.12. The molecule has 0 saturated heterocycles. The van der Waals surface area contributed by atoms with Crippen molar-refractivity contribution in [3.8, 4) is 0 Å². The van der Waals surface area contributed by atoms with Gasteiger partial charge in [-0.1, -0.05) is 49.6 Å². The average Bonchev–Trinajstić information content (AvgIpc) is 2.81. The maximum absolute atomic E-state index is 12.6. The molecule has 3 rings (SSSR count). The first-order valence-electron chi connectivity index (χ1n) is 7.93. The van der Waals surface area contributed by atoms with Gasteiger partial charge in [0.25, 0.3) is 5.91 Å². The molecule has 1 atom stereocenters. The summed E-state index contributed by atoms with van der Waals surface area (Å²) in [6, 6.07) is 9.17. The lowest BCUT2D eigenvalue weighted by Crippen LogP contribution is -2.41. The standard InChI is InChI=1S/C18H21NO3/c1-12(20)15-16(13-8-4-2-5-9-13)19(18(22)17(15)21)14-10-6-3-7-11-14/h2,4-5,8-9,14,16,21H,3,6-7,10-11H2,1H3/t16-/m0/s1. The number of aliphatic hydroxyl groups is 1. The van der Waals surface area contributed by atoms with Gasteiger partial charge in [0.15, 0.2) is 11.5 Å². The van der Waals surface area contributed by atoms with Gasteiger partial charge in [0, 0.05) is 6.04 Å². The van der Waals surface area contributed by atoms with E-state index in [9.17, 15) is 14.7 Å². The van der Waals surface area contributed by atoms with Crippen LogP contribution >= 0.6 is 0 Å². The van der Waals surface area contributed by atoms with Crippen LogP contribution in [-0.4, -0.2) is 27.7 Å². The van der Waals surface area contributed by atoms with Crippen molar-refractivity contribution >= 4 is 11.7 Å². The molecule has 0 bridgehead atoms. The van der Waals surface area contributed by atoms with E-state index in [0.29, 0.717) is 0 Å². The summed E-state index contributed by atoms with van der Waals surface area (Å²) in [7, 11) is 0. The van der Waals surface area contributed by atoms with Crippen molar-refractivity contribution in [3.05, 3.63) is 47.2 Å². The van der Waals surface area contributed by atoms with E-state index in [1.54, 1.807) is 4.90 Å². The van der Waals surface area contributed by atoms with Gasteiger partial charge >= 0.3 is 0 Å². The molecule has 1 heterocycles. The number of Topliss-reactive ketones (excluding diaryl/α,β-unsaturated/α-hetero) is 1. The highest BCUT2D eigenvalue weighted by molar-refractivity contribution is 6.08. The number of amides is 1. The third-order valence-corrected chi connectivity index (χ3v) is 4.71. The van der Waals surface area contributed by atoms with Crippen LogP contribution in [0.3, 0.4) is 0 Å². The molecule has 4 heteroatoms. The van der Waals surface area contributed by atoms with E-state index < -0.39 is 11.9 Å². The molecule has 2 aliphatic rings. The summed E-state index contributed by atoms with van der Waals surface area (Å²) in [4.78, 5) is 26.3. The second-order valence-corrected chi connectivity index (χ2v) is 6.14. The quantitative estimate of drug-likeness (QED) is 0.931. The number of hydrogen-bond acceptors (Lipinski definition) is 3. The van der Waals surface area contributed by atoms with E-state index in [4.69, 9.17) is 0 Å². The van der Waals surface area contributed by atoms with Crippen molar-refractivity contribution in [2.24, 2.45) is 0 Å². The fraction of sp³-hybridized carbons (Fsp3) is 0.444. The Hall–Kier alpha value is -2.10. The molecule has 1 amide bonds. The van der Waals surface area contributed by atoms with E-state index in [1.807, 2.05) is 30.3 Å². The SMILES string of the molecule is CC(=O)C1=C(O)C(=O)N(C2CCCCC2)[C@H]1c1ccccc1. The second-order valence-electron chi connectivity index (χ2n) is 6.14. The van der Waals surface area contributed by atoms with Gasteiger partial charge in [-0.15, -0.1) is 0 Å². The first kappa shape index (κ1) is 14.8. The van der Waals surface area contributed by atoms with Crippen LogP contribution in [0.5, 0.6) is 0 Å². The highest BCUT2D eigenvalue weighted by atomic mass is 16.3. The molecule has 1 aliphatic heterocycles. The van der Waals surface area contributed by atoms with E-state index in [0.717, 1.165) is 31.2 Å². The van der Waals surface area contributed by atoms with Crippen molar-refractivity contribution in [1.82, 2.24) is 4.90 Å². The topological polar surface area (TPSA) is 57.6 Å². The van der Waals surface area contributed by atoms with Gasteiger partial charge in [0.1, 0.15) is 0 Å². The minimum atomic E-state index is -0.450. The minimum absolute atomic E-state index is 0.102. The van der Waals surface area contributed by atoms with E-state index in [2.05, 4.69) is 0 Å². The fourth-order valence-electron chi connectivity index (χ4n) is 3.68. The van der Waals surface area contributed by atoms with Crippen molar-refractivity contribution in [2.45, 2.75) is 51.1 Å². The predicted molar refractivity (Wildman–Crippen MR) is 83.2 cm³/mol. The Morgan fingerprint density at radius 1 is 1.14 bits per heavy atom. The van der Waals surface area contributed by atoms with Crippen molar-refractivity contribution in [3.63, 3.8) is 0 Å². The molecule has 1 aromatic carbocycles. The molecule has 0 radical (unpaired) electrons. The van der Waals surface area contributed by atoms with E-state index in [-0.39, 0.29) is 23.2 Å². The summed E-state index contributed by atoms with van der Waals surface area (Å²) in [5, 5.41) is 10.2. The highest BCUT2D eigenvalue weighted by Gasteiger charge is 2.45. The van der Waals surface area contributed by atoms with Gasteiger partial charge in [-0.2, -0.15) is 0 Å². The van der Waals surface area contributed by atoms with Crippen LogP contribution in [0.15, 0.2) is 41.7 Å². The van der Waals surface area contributed by atoms with Crippen LogP contribution in [0.25, 0.3) is 0 Å². The third-order valence-electron chi connectivity index (χ3n) is 4.71. The zero-order chi connectivity index (χ0) is 15.7. The van der Waals surface area contributed by atoms with Crippen LogP contribution in [0.1, 0.15) is 50.6 Å². The van der Waals surface area contributed by atoms with Gasteiger partial charge in [0.2, 0.25) is 0 Å². The summed E-state index contributed by atoms with van der Waals surface area (Å²) < 4.78 is 0. The number of carbonyl (C=O) groups is 2. The first-order valence-corrected chi connectivity index (χ1v) is 7.93. The summed E-state index contributed by atoms with van der Waals surface area (Å²) in [6.45, 7) is 1.42. The van der Waals surface area contributed by atoms with Crippen molar-refractivity contribution < 1.29 is 14.7 Å². The van der Waals surface area contributed by atoms with E-state index in [1.165, 1.54) is 13.3 Å². The Labute approximate surface area is 130 Å². The van der Waals surface area contributed by atoms with Gasteiger partial charge in [-0.05, 0) is 25.3 Å². The number of aliphatic hydroxyl groups excluding tert-OH is 1. The summed E-state index contributed by atoms with van der Waals surface area (Å²) >= 11 is 0. The van der Waals surface area contributed by atoms with Crippen molar-refractivity contribution in [1.29, 1.82) is 0 Å². The summed E-state index contributed by atoms with van der Waals surface area (Å²) in [5.74, 6) is -1.00. The molecular formula is C18H21NO3. The number of ketones is 1. The summed E-state index contributed by atoms with van der Waals surface area (Å²) in [6.07, 6.45) is 5.24. The minimum Gasteiger partial charge on any atom is -0.503 e. The molecule has 1 fully saturated rings. The molecule has 1 aromatic rings. The molecule has 1 N–H and O–H groups in total. The van der Waals surface area contributed by atoms with Gasteiger partial charge in [-0.3, -0.25) is 9.59 Å². The van der Waals surface area contributed by atoms with Crippen LogP contribution in [0.4, 0.5) is 0 Å². The Morgan fingerprint density at radius 3 is 2.36 bits per heavy atom. The fourth-order valence-corrected chi connectivity index (χ4v) is 3.68. The Bertz CT molecular complexity index is 614. The van der Waals surface area contributed by atoms with E-state index >= 15 is 0 Å². The number of nitrogens with zero attached hydrogens (tertiary/aromatic N) is 1. The zero-order valence-corrected chi connectivity index (χ0v) is 12.8. The second kappa shape index (κ2) is 5.95. The third kappa shape index (κ3) is 2.43. The Morgan fingerprint density at radius 2 is 1.77 bits per heavy atom. The number of benzene rings is 1. The van der Waals surface area contributed by atoms with Gasteiger partial charge < -0.3 is 10.0 Å². The van der Waals surface area contributed by atoms with Crippen LogP contribution in [0, 0.1) is 0 Å². The number of carbonyl (C=O) groups excluding carboxylic acids is 2. The van der Waals surface area contributed by atoms with Crippen molar-refractivity contribution in [2.75, 3.05) is 0 Å². The zero-order valence-electron chi connectivity index (χ0n) is 12.8. The van der Waals surface area contributed by atoms with Crippen LogP contribution in [-0.2, 0) is 9.59 Å². The molecule has 0 aromatic heterocycles. The average molecular weight is 299 g/mol. The van der Waals surface area contributed by atoms with Gasteiger partial charge in [-0.25, -0.2) is 0 Å². The Kier molecular flexibility index (Phi) is 4.01. The molecule has 0 unspecified atom stereocenters. The lowest BCUT2D eigenvalue weighted by molar-refractivity contribution is -0.132. The largest absolute Gasteiger partial charge is 0.503 e. The maximum Gasteiger partial charge on any atom is 0.290 e. The molecule has 4 nitrogen and oxygen atoms in total. The van der Waals surface area contributed by atoms with Crippen LogP contribution < -0.4 is 0 Å². The molecule has 1 saturated carbocycles. The molecule has 22 heavy (non-hydrogen) atoms. The highest BCUT2D eigenvalue weighted by Crippen LogP contribution is 2.41. The number of rotatable bonds is 3. The predicted octanol–water partition coefficient (Wildman–Crippen LogP) is 3.30. The smallest absolute Gasteiger partial charge is 0.290 e. The molecule has 1 aliphatic carbocycles. The lowest BCUT2D eigenvalue weighted by Gasteiger charge is -2.36. The molecular weight excluding hydrogens is 278 g/mol. The first-order chi connectivity index (χ1) is 10.6. The number of hydrogen-bond donors (Lipinski definition) is 1. The Balaban J connectivity index is 2.04. The van der Waals surface area contributed by atoms with Crippen LogP contribution in [0.2, 0.25) is 0 Å². The lowest BCUT2D eigenvalue weighted by atomic mass is 9.91.